The van der Waals surface area contributed by atoms with Gasteiger partial charge in [0, 0.05) is 19.5 Å². The van der Waals surface area contributed by atoms with Gasteiger partial charge in [-0.2, -0.15) is 0 Å². The Morgan fingerprint density at radius 3 is 2.50 bits per heavy atom. The molecule has 0 aliphatic carbocycles. The third kappa shape index (κ3) is 3.14. The van der Waals surface area contributed by atoms with Crippen LogP contribution in [0.25, 0.3) is 0 Å². The molecule has 2 fully saturated rings. The second-order valence-corrected chi connectivity index (χ2v) is 6.32. The van der Waals surface area contributed by atoms with Gasteiger partial charge in [0.25, 0.3) is 0 Å². The first-order chi connectivity index (χ1) is 9.40. The zero-order chi connectivity index (χ0) is 14.9. The largest absolute Gasteiger partial charge is 0.481 e. The predicted molar refractivity (Wildman–Crippen MR) is 74.2 cm³/mol. The fraction of sp³-hybridized carbons (Fsp3) is 0.867. The zero-order valence-electron chi connectivity index (χ0n) is 12.5. The SMILES string of the molecule is CC1OC(C)C(C(=O)N2CCCC(CC(=O)O)C2)C1C. The van der Waals surface area contributed by atoms with E-state index in [1.165, 1.54) is 0 Å². The van der Waals surface area contributed by atoms with Crippen LogP contribution >= 0.6 is 0 Å². The lowest BCUT2D eigenvalue weighted by molar-refractivity contribution is -0.143. The number of hydrogen-bond acceptors (Lipinski definition) is 3. The van der Waals surface area contributed by atoms with Crippen molar-refractivity contribution in [3.05, 3.63) is 0 Å². The fourth-order valence-electron chi connectivity index (χ4n) is 3.58. The van der Waals surface area contributed by atoms with Gasteiger partial charge in [-0.1, -0.05) is 6.92 Å². The molecule has 5 unspecified atom stereocenters. The van der Waals surface area contributed by atoms with E-state index in [4.69, 9.17) is 9.84 Å². The molecule has 1 amide bonds. The van der Waals surface area contributed by atoms with E-state index in [0.717, 1.165) is 19.4 Å². The zero-order valence-corrected chi connectivity index (χ0v) is 12.5. The van der Waals surface area contributed by atoms with Crippen LogP contribution in [0, 0.1) is 17.8 Å². The Hall–Kier alpha value is -1.10. The monoisotopic (exact) mass is 283 g/mol. The number of nitrogens with zero attached hydrogens (tertiary/aromatic N) is 1. The molecule has 2 saturated heterocycles. The molecule has 0 bridgehead atoms. The highest BCUT2D eigenvalue weighted by Gasteiger charge is 2.43. The first-order valence-corrected chi connectivity index (χ1v) is 7.56. The quantitative estimate of drug-likeness (QED) is 0.857. The van der Waals surface area contributed by atoms with Gasteiger partial charge >= 0.3 is 5.97 Å². The molecule has 1 N–H and O–H groups in total. The second-order valence-electron chi connectivity index (χ2n) is 6.32. The summed E-state index contributed by atoms with van der Waals surface area (Å²) in [5.41, 5.74) is 0. The molecular formula is C15H25NO4. The molecule has 2 aliphatic heterocycles. The van der Waals surface area contributed by atoms with Crippen LogP contribution in [0.15, 0.2) is 0 Å². The van der Waals surface area contributed by atoms with Crippen LogP contribution in [0.1, 0.15) is 40.0 Å². The highest BCUT2D eigenvalue weighted by molar-refractivity contribution is 5.80. The van der Waals surface area contributed by atoms with Crippen LogP contribution in [0.4, 0.5) is 0 Å². The number of ether oxygens (including phenoxy) is 1. The van der Waals surface area contributed by atoms with Gasteiger partial charge in [0.05, 0.1) is 18.1 Å². The summed E-state index contributed by atoms with van der Waals surface area (Å²) in [5.74, 6) is -0.408. The van der Waals surface area contributed by atoms with Crippen LogP contribution in [-0.2, 0) is 14.3 Å². The topological polar surface area (TPSA) is 66.8 Å². The number of amides is 1. The van der Waals surface area contributed by atoms with E-state index in [1.54, 1.807) is 0 Å². The van der Waals surface area contributed by atoms with Crippen molar-refractivity contribution in [1.29, 1.82) is 0 Å². The molecule has 5 heteroatoms. The third-order valence-corrected chi connectivity index (χ3v) is 4.82. The van der Waals surface area contributed by atoms with Crippen molar-refractivity contribution < 1.29 is 19.4 Å². The average molecular weight is 283 g/mol. The van der Waals surface area contributed by atoms with E-state index in [0.29, 0.717) is 6.54 Å². The summed E-state index contributed by atoms with van der Waals surface area (Å²) in [4.78, 5) is 25.4. The minimum atomic E-state index is -0.774. The summed E-state index contributed by atoms with van der Waals surface area (Å²) in [7, 11) is 0. The first-order valence-electron chi connectivity index (χ1n) is 7.56. The highest BCUT2D eigenvalue weighted by atomic mass is 16.5. The molecule has 5 atom stereocenters. The van der Waals surface area contributed by atoms with E-state index in [9.17, 15) is 9.59 Å². The van der Waals surface area contributed by atoms with Crippen LogP contribution in [-0.4, -0.2) is 47.2 Å². The standard InChI is InChI=1S/C15H25NO4/c1-9-10(2)20-11(3)14(9)15(19)16-6-4-5-12(8-16)7-13(17)18/h9-12,14H,4-8H2,1-3H3,(H,17,18). The van der Waals surface area contributed by atoms with Gasteiger partial charge < -0.3 is 14.7 Å². The number of carbonyl (C=O) groups is 2. The number of piperidine rings is 1. The van der Waals surface area contributed by atoms with Gasteiger partial charge in [-0.3, -0.25) is 9.59 Å². The number of carbonyl (C=O) groups excluding carboxylic acids is 1. The lowest BCUT2D eigenvalue weighted by Gasteiger charge is -2.35. The van der Waals surface area contributed by atoms with E-state index in [-0.39, 0.29) is 42.3 Å². The summed E-state index contributed by atoms with van der Waals surface area (Å²) in [5, 5.41) is 8.90. The number of rotatable bonds is 3. The van der Waals surface area contributed by atoms with Crippen LogP contribution in [0.3, 0.4) is 0 Å². The number of carboxylic acid groups (broad SMARTS) is 1. The Balaban J connectivity index is 2.00. The molecule has 2 heterocycles. The van der Waals surface area contributed by atoms with E-state index >= 15 is 0 Å². The van der Waals surface area contributed by atoms with Gasteiger partial charge in [-0.15, -0.1) is 0 Å². The van der Waals surface area contributed by atoms with Crippen molar-refractivity contribution in [2.75, 3.05) is 13.1 Å². The van der Waals surface area contributed by atoms with Gasteiger partial charge in [0.15, 0.2) is 0 Å². The maximum atomic E-state index is 12.7. The van der Waals surface area contributed by atoms with Gasteiger partial charge in [-0.05, 0) is 38.5 Å². The van der Waals surface area contributed by atoms with Gasteiger partial charge in [-0.25, -0.2) is 0 Å². The van der Waals surface area contributed by atoms with Crippen LogP contribution < -0.4 is 0 Å². The molecule has 5 nitrogen and oxygen atoms in total. The average Bonchev–Trinajstić information content (AvgIpc) is 2.62. The normalized spacial score (nSPS) is 38.0. The summed E-state index contributed by atoms with van der Waals surface area (Å²) < 4.78 is 5.75. The molecule has 0 saturated carbocycles. The van der Waals surface area contributed by atoms with E-state index < -0.39 is 5.97 Å². The van der Waals surface area contributed by atoms with Crippen molar-refractivity contribution in [3.8, 4) is 0 Å². The summed E-state index contributed by atoms with van der Waals surface area (Å²) in [6.45, 7) is 7.36. The summed E-state index contributed by atoms with van der Waals surface area (Å²) in [6.07, 6.45) is 2.02. The van der Waals surface area contributed by atoms with Crippen molar-refractivity contribution in [1.82, 2.24) is 4.90 Å². The molecule has 0 aromatic heterocycles. The minimum Gasteiger partial charge on any atom is -0.481 e. The second kappa shape index (κ2) is 6.12. The molecule has 0 spiro atoms. The number of hydrogen-bond donors (Lipinski definition) is 1. The lowest BCUT2D eigenvalue weighted by Crippen LogP contribution is -2.46. The Bertz CT molecular complexity index is 384. The molecule has 2 aliphatic rings. The Labute approximate surface area is 120 Å². The van der Waals surface area contributed by atoms with Crippen LogP contribution in [0.2, 0.25) is 0 Å². The van der Waals surface area contributed by atoms with Crippen molar-refractivity contribution >= 4 is 11.9 Å². The predicted octanol–water partition coefficient (Wildman–Crippen LogP) is 1.76. The van der Waals surface area contributed by atoms with Gasteiger partial charge in [0.2, 0.25) is 5.91 Å². The number of aliphatic carboxylic acids is 1. The van der Waals surface area contributed by atoms with Crippen molar-refractivity contribution in [2.24, 2.45) is 17.8 Å². The van der Waals surface area contributed by atoms with Crippen molar-refractivity contribution in [2.45, 2.75) is 52.2 Å². The molecule has 114 valence electrons. The van der Waals surface area contributed by atoms with Crippen molar-refractivity contribution in [3.63, 3.8) is 0 Å². The maximum absolute atomic E-state index is 12.7. The fourth-order valence-corrected chi connectivity index (χ4v) is 3.58. The lowest BCUT2D eigenvalue weighted by atomic mass is 9.86. The molecule has 20 heavy (non-hydrogen) atoms. The Morgan fingerprint density at radius 2 is 1.95 bits per heavy atom. The Morgan fingerprint density at radius 1 is 1.25 bits per heavy atom. The number of carboxylic acids is 1. The first kappa shape index (κ1) is 15.3. The molecule has 2 rings (SSSR count). The molecule has 0 aromatic rings. The van der Waals surface area contributed by atoms with Crippen LogP contribution in [0.5, 0.6) is 0 Å². The smallest absolute Gasteiger partial charge is 0.303 e. The molecular weight excluding hydrogens is 258 g/mol. The minimum absolute atomic E-state index is 0.0487. The molecule has 0 radical (unpaired) electrons. The van der Waals surface area contributed by atoms with Gasteiger partial charge in [0.1, 0.15) is 0 Å². The number of likely N-dealkylation sites (tertiary alicyclic amines) is 1. The third-order valence-electron chi connectivity index (χ3n) is 4.82. The Kier molecular flexibility index (Phi) is 4.68. The van der Waals surface area contributed by atoms with E-state index in [1.807, 2.05) is 18.7 Å². The summed E-state index contributed by atoms with van der Waals surface area (Å²) in [6, 6.07) is 0. The summed E-state index contributed by atoms with van der Waals surface area (Å²) >= 11 is 0. The highest BCUT2D eigenvalue weighted by Crippen LogP contribution is 2.34. The maximum Gasteiger partial charge on any atom is 0.303 e. The molecule has 0 aromatic carbocycles. The van der Waals surface area contributed by atoms with E-state index in [2.05, 4.69) is 6.92 Å².